The second kappa shape index (κ2) is 9.36. The highest BCUT2D eigenvalue weighted by Gasteiger charge is 2.37. The van der Waals surface area contributed by atoms with Gasteiger partial charge in [-0.1, -0.05) is 36.2 Å². The third kappa shape index (κ3) is 4.98. The fourth-order valence-electron chi connectivity index (χ4n) is 4.78. The molecule has 1 N–H and O–H groups in total. The average molecular weight is 512 g/mol. The predicted molar refractivity (Wildman–Crippen MR) is 144 cm³/mol. The highest BCUT2D eigenvalue weighted by Crippen LogP contribution is 2.45. The van der Waals surface area contributed by atoms with Crippen LogP contribution >= 0.6 is 23.4 Å². The Bertz CT molecular complexity index is 1270. The van der Waals surface area contributed by atoms with Crippen LogP contribution in [0.3, 0.4) is 0 Å². The van der Waals surface area contributed by atoms with E-state index in [2.05, 4.69) is 38.0 Å². The topological polar surface area (TPSA) is 69.7 Å². The standard InChI is InChI=1S/C27H30ClN3O3S/c1-15-7-8-21(16(2)9-15)29-24(32)14-31-25(33)23(35-26(31)34)11-18-10-19-17(3)13-27(4,5)30(6)22(19)12-20(18)28/h7-12,17H,13-14H2,1-6H3,(H,29,32)/b23-11+. The number of thioether (sulfide) groups is 1. The number of carbonyl (C=O) groups is 3. The molecular formula is C27H30ClN3O3S. The molecule has 1 unspecified atom stereocenters. The van der Waals surface area contributed by atoms with Crippen LogP contribution in [0.2, 0.25) is 5.02 Å². The highest BCUT2D eigenvalue weighted by atomic mass is 35.5. The molecule has 0 bridgehead atoms. The van der Waals surface area contributed by atoms with Crippen LogP contribution in [0.4, 0.5) is 16.2 Å². The SMILES string of the molecule is Cc1ccc(NC(=O)CN2C(=O)S/C(=C/c3cc4c(cc3Cl)N(C)C(C)(C)CC4C)C2=O)c(C)c1. The van der Waals surface area contributed by atoms with Gasteiger partial charge in [0.2, 0.25) is 5.91 Å². The van der Waals surface area contributed by atoms with Crippen molar-refractivity contribution in [2.75, 3.05) is 23.8 Å². The Hall–Kier alpha value is -2.77. The number of rotatable bonds is 4. The maximum absolute atomic E-state index is 13.0. The minimum Gasteiger partial charge on any atom is -0.369 e. The first-order chi connectivity index (χ1) is 16.4. The van der Waals surface area contributed by atoms with Crippen LogP contribution in [0.5, 0.6) is 0 Å². The first-order valence-corrected chi connectivity index (χ1v) is 12.8. The van der Waals surface area contributed by atoms with E-state index in [1.54, 1.807) is 6.08 Å². The van der Waals surface area contributed by atoms with Gasteiger partial charge in [0.05, 0.1) is 4.91 Å². The van der Waals surface area contributed by atoms with Crippen LogP contribution in [-0.2, 0) is 9.59 Å². The summed E-state index contributed by atoms with van der Waals surface area (Å²) in [7, 11) is 2.06. The molecule has 184 valence electrons. The van der Waals surface area contributed by atoms with Crippen LogP contribution in [-0.4, -0.2) is 41.1 Å². The molecule has 8 heteroatoms. The van der Waals surface area contributed by atoms with Gasteiger partial charge < -0.3 is 10.2 Å². The molecule has 0 spiro atoms. The largest absolute Gasteiger partial charge is 0.369 e. The number of halogens is 1. The van der Waals surface area contributed by atoms with Crippen molar-refractivity contribution >= 4 is 57.9 Å². The van der Waals surface area contributed by atoms with Crippen LogP contribution in [0, 0.1) is 13.8 Å². The fraction of sp³-hybridized carbons (Fsp3) is 0.370. The summed E-state index contributed by atoms with van der Waals surface area (Å²) in [5.74, 6) is -0.590. The first kappa shape index (κ1) is 25.3. The normalized spacial score (nSPS) is 20.4. The summed E-state index contributed by atoms with van der Waals surface area (Å²) in [4.78, 5) is 41.6. The summed E-state index contributed by atoms with van der Waals surface area (Å²) in [6, 6.07) is 9.61. The predicted octanol–water partition coefficient (Wildman–Crippen LogP) is 6.35. The quantitative estimate of drug-likeness (QED) is 0.484. The van der Waals surface area contributed by atoms with E-state index in [1.807, 2.05) is 44.2 Å². The number of carbonyl (C=O) groups excluding carboxylic acids is 3. The van der Waals surface area contributed by atoms with Gasteiger partial charge in [0.15, 0.2) is 0 Å². The number of imide groups is 1. The van der Waals surface area contributed by atoms with Gasteiger partial charge in [-0.05, 0) is 92.8 Å². The lowest BCUT2D eigenvalue weighted by atomic mass is 9.80. The molecule has 2 aromatic rings. The molecule has 2 aliphatic heterocycles. The van der Waals surface area contributed by atoms with Gasteiger partial charge >= 0.3 is 0 Å². The number of fused-ring (bicyclic) bond motifs is 1. The van der Waals surface area contributed by atoms with Crippen LogP contribution in [0.25, 0.3) is 6.08 Å². The third-order valence-electron chi connectivity index (χ3n) is 6.87. The molecule has 1 fully saturated rings. The number of anilines is 2. The van der Waals surface area contributed by atoms with Crippen molar-refractivity contribution < 1.29 is 14.4 Å². The Morgan fingerprint density at radius 1 is 1.23 bits per heavy atom. The second-order valence-electron chi connectivity index (χ2n) is 10.0. The maximum atomic E-state index is 13.0. The highest BCUT2D eigenvalue weighted by molar-refractivity contribution is 8.18. The Morgan fingerprint density at radius 2 is 1.94 bits per heavy atom. The summed E-state index contributed by atoms with van der Waals surface area (Å²) in [6.07, 6.45) is 2.64. The van der Waals surface area contributed by atoms with Gasteiger partial charge in [0.25, 0.3) is 11.1 Å². The zero-order chi connectivity index (χ0) is 25.7. The van der Waals surface area contributed by atoms with Crippen molar-refractivity contribution in [3.05, 3.63) is 62.5 Å². The molecule has 2 aromatic carbocycles. The number of hydrogen-bond acceptors (Lipinski definition) is 5. The lowest BCUT2D eigenvalue weighted by molar-refractivity contribution is -0.127. The van der Waals surface area contributed by atoms with E-state index in [4.69, 9.17) is 11.6 Å². The molecule has 4 rings (SSSR count). The molecule has 35 heavy (non-hydrogen) atoms. The molecule has 3 amide bonds. The van der Waals surface area contributed by atoms with E-state index in [9.17, 15) is 14.4 Å². The summed E-state index contributed by atoms with van der Waals surface area (Å²) in [6.45, 7) is 10.1. The van der Waals surface area contributed by atoms with Gasteiger partial charge in [-0.3, -0.25) is 19.3 Å². The van der Waals surface area contributed by atoms with Crippen LogP contribution in [0.15, 0.2) is 35.2 Å². The maximum Gasteiger partial charge on any atom is 0.294 e. The minimum absolute atomic E-state index is 0.0115. The van der Waals surface area contributed by atoms with Crippen molar-refractivity contribution in [1.29, 1.82) is 0 Å². The zero-order valence-corrected chi connectivity index (χ0v) is 22.4. The lowest BCUT2D eigenvalue weighted by Gasteiger charge is -2.45. The van der Waals surface area contributed by atoms with Gasteiger partial charge in [-0.25, -0.2) is 0 Å². The number of hydrogen-bond donors (Lipinski definition) is 1. The van der Waals surface area contributed by atoms with Crippen LogP contribution < -0.4 is 10.2 Å². The van der Waals surface area contributed by atoms with E-state index in [0.29, 0.717) is 22.2 Å². The van der Waals surface area contributed by atoms with Crippen molar-refractivity contribution in [2.24, 2.45) is 0 Å². The van der Waals surface area contributed by atoms with Gasteiger partial charge in [-0.2, -0.15) is 0 Å². The number of amides is 3. The number of nitrogens with zero attached hydrogens (tertiary/aromatic N) is 2. The van der Waals surface area contributed by atoms with Gasteiger partial charge in [0, 0.05) is 29.0 Å². The molecule has 0 aliphatic carbocycles. The van der Waals surface area contributed by atoms with Gasteiger partial charge in [-0.15, -0.1) is 0 Å². The molecule has 0 aromatic heterocycles. The summed E-state index contributed by atoms with van der Waals surface area (Å²) >= 11 is 7.44. The summed E-state index contributed by atoms with van der Waals surface area (Å²) < 4.78 is 0. The van der Waals surface area contributed by atoms with Gasteiger partial charge in [0.1, 0.15) is 6.54 Å². The fourth-order valence-corrected chi connectivity index (χ4v) is 5.82. The molecule has 0 radical (unpaired) electrons. The minimum atomic E-state index is -0.490. The monoisotopic (exact) mass is 511 g/mol. The Labute approximate surface area is 215 Å². The Kier molecular flexibility index (Phi) is 6.77. The van der Waals surface area contributed by atoms with E-state index in [0.717, 1.165) is 45.5 Å². The average Bonchev–Trinajstić information content (AvgIpc) is 3.02. The number of aryl methyl sites for hydroxylation is 2. The molecule has 0 saturated carbocycles. The van der Waals surface area contributed by atoms with E-state index < -0.39 is 17.1 Å². The Morgan fingerprint density at radius 3 is 2.63 bits per heavy atom. The molecule has 1 atom stereocenters. The molecule has 2 heterocycles. The zero-order valence-electron chi connectivity index (χ0n) is 20.9. The van der Waals surface area contributed by atoms with E-state index in [1.165, 1.54) is 0 Å². The molecular weight excluding hydrogens is 482 g/mol. The summed E-state index contributed by atoms with van der Waals surface area (Å²) in [5, 5.41) is 2.83. The Balaban J connectivity index is 1.54. The second-order valence-corrected chi connectivity index (χ2v) is 11.4. The van der Waals surface area contributed by atoms with Crippen molar-refractivity contribution in [2.45, 2.75) is 52.5 Å². The van der Waals surface area contributed by atoms with Crippen LogP contribution in [0.1, 0.15) is 55.4 Å². The molecule has 1 saturated heterocycles. The van der Waals surface area contributed by atoms with Crippen molar-refractivity contribution in [1.82, 2.24) is 4.90 Å². The van der Waals surface area contributed by atoms with E-state index in [-0.39, 0.29) is 17.0 Å². The number of nitrogens with one attached hydrogen (secondary N) is 1. The van der Waals surface area contributed by atoms with Crippen molar-refractivity contribution in [3.63, 3.8) is 0 Å². The summed E-state index contributed by atoms with van der Waals surface area (Å²) in [5.41, 5.74) is 5.60. The van der Waals surface area contributed by atoms with E-state index >= 15 is 0 Å². The first-order valence-electron chi connectivity index (χ1n) is 11.6. The lowest BCUT2D eigenvalue weighted by Crippen LogP contribution is -2.45. The third-order valence-corrected chi connectivity index (χ3v) is 8.10. The number of benzene rings is 2. The smallest absolute Gasteiger partial charge is 0.294 e. The molecule has 2 aliphatic rings. The molecule has 6 nitrogen and oxygen atoms in total. The van der Waals surface area contributed by atoms with Crippen molar-refractivity contribution in [3.8, 4) is 0 Å².